The van der Waals surface area contributed by atoms with Crippen LogP contribution in [0.3, 0.4) is 0 Å². The summed E-state index contributed by atoms with van der Waals surface area (Å²) in [7, 11) is 0. The summed E-state index contributed by atoms with van der Waals surface area (Å²) < 4.78 is 17.0. The van der Waals surface area contributed by atoms with Gasteiger partial charge in [0.2, 0.25) is 0 Å². The fraction of sp³-hybridized carbons (Fsp3) is 0.770. The SMILES string of the molecule is CC/C=C\C/C=C\C/C=C\C/C=C\C/C=C\CCCCCCCCCC(=O)OCC(COC(=O)CCCCCCCCCCCCCCCCCC)OC(=O)CCCCCCCCCCCCC/C=C\C/C=C\CCCCCCC. The van der Waals surface area contributed by atoms with Crippen LogP contribution in [0.2, 0.25) is 0 Å². The van der Waals surface area contributed by atoms with Crippen molar-refractivity contribution in [1.82, 2.24) is 0 Å². The Morgan fingerprint density at radius 1 is 0.263 bits per heavy atom. The minimum absolute atomic E-state index is 0.0773. The molecule has 0 rings (SSSR count). The summed E-state index contributed by atoms with van der Waals surface area (Å²) in [6.07, 6.45) is 90.2. The van der Waals surface area contributed by atoms with E-state index < -0.39 is 6.10 Å². The molecule has 462 valence electrons. The van der Waals surface area contributed by atoms with Crippen LogP contribution in [0.4, 0.5) is 0 Å². The molecule has 0 fully saturated rings. The van der Waals surface area contributed by atoms with Gasteiger partial charge in [0.05, 0.1) is 0 Å². The van der Waals surface area contributed by atoms with Crippen LogP contribution < -0.4 is 0 Å². The Morgan fingerprint density at radius 2 is 0.487 bits per heavy atom. The Hall–Kier alpha value is -3.41. The second kappa shape index (κ2) is 68.1. The van der Waals surface area contributed by atoms with Crippen molar-refractivity contribution in [2.75, 3.05) is 13.2 Å². The molecule has 0 aromatic carbocycles. The van der Waals surface area contributed by atoms with Gasteiger partial charge in [-0.15, -0.1) is 0 Å². The van der Waals surface area contributed by atoms with E-state index in [2.05, 4.69) is 106 Å². The lowest BCUT2D eigenvalue weighted by Gasteiger charge is -2.18. The van der Waals surface area contributed by atoms with Crippen LogP contribution in [-0.2, 0) is 28.6 Å². The van der Waals surface area contributed by atoms with Crippen LogP contribution >= 0.6 is 0 Å². The molecule has 6 heteroatoms. The van der Waals surface area contributed by atoms with Gasteiger partial charge in [0.15, 0.2) is 6.10 Å². The van der Waals surface area contributed by atoms with Gasteiger partial charge in [0, 0.05) is 19.3 Å². The molecule has 0 aliphatic rings. The molecule has 1 atom stereocenters. The zero-order valence-electron chi connectivity index (χ0n) is 53.1. The van der Waals surface area contributed by atoms with Gasteiger partial charge in [0.1, 0.15) is 13.2 Å². The topological polar surface area (TPSA) is 78.9 Å². The first-order chi connectivity index (χ1) is 39.5. The van der Waals surface area contributed by atoms with Crippen LogP contribution in [-0.4, -0.2) is 37.2 Å². The Labute approximate surface area is 496 Å². The predicted molar refractivity (Wildman–Crippen MR) is 348 cm³/mol. The normalized spacial score (nSPS) is 12.6. The molecule has 80 heavy (non-hydrogen) atoms. The molecule has 0 heterocycles. The highest BCUT2D eigenvalue weighted by molar-refractivity contribution is 5.71. The summed E-state index contributed by atoms with van der Waals surface area (Å²) in [5, 5.41) is 0. The molecule has 0 saturated heterocycles. The smallest absolute Gasteiger partial charge is 0.306 e. The minimum Gasteiger partial charge on any atom is -0.462 e. The van der Waals surface area contributed by atoms with E-state index in [0.29, 0.717) is 19.3 Å². The van der Waals surface area contributed by atoms with Crippen LogP contribution in [0.25, 0.3) is 0 Å². The Bertz CT molecular complexity index is 1520. The van der Waals surface area contributed by atoms with Crippen molar-refractivity contribution in [2.45, 2.75) is 354 Å². The van der Waals surface area contributed by atoms with Crippen molar-refractivity contribution >= 4 is 17.9 Å². The van der Waals surface area contributed by atoms with Crippen molar-refractivity contribution in [3.8, 4) is 0 Å². The van der Waals surface area contributed by atoms with Gasteiger partial charge in [-0.05, 0) is 96.3 Å². The molecule has 0 spiro atoms. The first-order valence-corrected chi connectivity index (χ1v) is 34.6. The fourth-order valence-electron chi connectivity index (χ4n) is 9.97. The lowest BCUT2D eigenvalue weighted by molar-refractivity contribution is -0.167. The van der Waals surface area contributed by atoms with Crippen LogP contribution in [0.5, 0.6) is 0 Å². The molecule has 0 radical (unpaired) electrons. The van der Waals surface area contributed by atoms with Gasteiger partial charge in [-0.3, -0.25) is 14.4 Å². The van der Waals surface area contributed by atoms with Crippen LogP contribution in [0, 0.1) is 0 Å². The van der Waals surface area contributed by atoms with Gasteiger partial charge < -0.3 is 14.2 Å². The molecule has 0 N–H and O–H groups in total. The molecule has 0 amide bonds. The van der Waals surface area contributed by atoms with Gasteiger partial charge in [-0.1, -0.05) is 318 Å². The molecule has 0 bridgehead atoms. The van der Waals surface area contributed by atoms with Gasteiger partial charge >= 0.3 is 17.9 Å². The van der Waals surface area contributed by atoms with Gasteiger partial charge in [0.25, 0.3) is 0 Å². The van der Waals surface area contributed by atoms with Crippen LogP contribution in [0.15, 0.2) is 85.1 Å². The van der Waals surface area contributed by atoms with Crippen molar-refractivity contribution in [2.24, 2.45) is 0 Å². The minimum atomic E-state index is -0.783. The van der Waals surface area contributed by atoms with Crippen molar-refractivity contribution in [3.05, 3.63) is 85.1 Å². The van der Waals surface area contributed by atoms with E-state index in [-0.39, 0.29) is 31.1 Å². The first-order valence-electron chi connectivity index (χ1n) is 34.6. The first kappa shape index (κ1) is 76.6. The lowest BCUT2D eigenvalue weighted by atomic mass is 10.0. The monoisotopic (exact) mass is 1110 g/mol. The molecule has 0 aromatic heterocycles. The number of ether oxygens (including phenoxy) is 3. The molecule has 0 aliphatic carbocycles. The van der Waals surface area contributed by atoms with E-state index in [9.17, 15) is 14.4 Å². The van der Waals surface area contributed by atoms with E-state index in [1.807, 2.05) is 0 Å². The van der Waals surface area contributed by atoms with Gasteiger partial charge in [-0.25, -0.2) is 0 Å². The predicted octanol–water partition coefficient (Wildman–Crippen LogP) is 23.8. The third-order valence-electron chi connectivity index (χ3n) is 15.1. The summed E-state index contributed by atoms with van der Waals surface area (Å²) in [4.78, 5) is 38.5. The molecule has 0 saturated carbocycles. The molecule has 6 nitrogen and oxygen atoms in total. The highest BCUT2D eigenvalue weighted by Gasteiger charge is 2.19. The highest BCUT2D eigenvalue weighted by Crippen LogP contribution is 2.17. The number of carbonyl (C=O) groups excluding carboxylic acids is 3. The van der Waals surface area contributed by atoms with E-state index >= 15 is 0 Å². The van der Waals surface area contributed by atoms with Gasteiger partial charge in [-0.2, -0.15) is 0 Å². The molecule has 1 unspecified atom stereocenters. The molecule has 0 aromatic rings. The maximum Gasteiger partial charge on any atom is 0.306 e. The standard InChI is InChI=1S/C74H130O6/c1-4-7-10-13-16-19-22-25-28-31-33-35-37-39-41-43-46-49-52-55-58-61-64-67-73(76)79-70-71(69-78-72(75)66-63-60-57-54-51-48-45-30-27-24-21-18-15-12-9-6-3)80-74(77)68-65-62-59-56-53-50-47-44-42-40-38-36-34-32-29-26-23-20-17-14-11-8-5-2/h7,10,16,19,23,25-26,28,32-35,39,41,71H,4-6,8-9,11-15,17-18,20-22,24,27,29-31,36-38,40,42-70H2,1-3H3/b10-7-,19-16-,26-23-,28-25-,34-32-,35-33-,41-39-. The second-order valence-corrected chi connectivity index (χ2v) is 23.1. The number of allylic oxidation sites excluding steroid dienone is 14. The van der Waals surface area contributed by atoms with E-state index in [1.165, 1.54) is 205 Å². The largest absolute Gasteiger partial charge is 0.462 e. The zero-order valence-corrected chi connectivity index (χ0v) is 53.1. The second-order valence-electron chi connectivity index (χ2n) is 23.1. The average Bonchev–Trinajstić information content (AvgIpc) is 3.46. The summed E-state index contributed by atoms with van der Waals surface area (Å²) in [5.74, 6) is -0.872. The van der Waals surface area contributed by atoms with Crippen molar-refractivity contribution in [1.29, 1.82) is 0 Å². The van der Waals surface area contributed by atoms with Crippen molar-refractivity contribution in [3.63, 3.8) is 0 Å². The number of esters is 3. The maximum atomic E-state index is 13.0. The van der Waals surface area contributed by atoms with Crippen molar-refractivity contribution < 1.29 is 28.6 Å². The molecule has 0 aliphatic heterocycles. The summed E-state index contributed by atoms with van der Waals surface area (Å²) in [6, 6.07) is 0. The number of rotatable bonds is 63. The number of hydrogen-bond acceptors (Lipinski definition) is 6. The number of unbranched alkanes of at least 4 members (excludes halogenated alkanes) is 38. The Morgan fingerprint density at radius 3 is 0.762 bits per heavy atom. The number of hydrogen-bond donors (Lipinski definition) is 0. The van der Waals surface area contributed by atoms with E-state index in [4.69, 9.17) is 14.2 Å². The third-order valence-corrected chi connectivity index (χ3v) is 15.1. The molecular weight excluding hydrogens is 985 g/mol. The zero-order chi connectivity index (χ0) is 57.8. The molecular formula is C74H130O6. The summed E-state index contributed by atoms with van der Waals surface area (Å²) in [5.41, 5.74) is 0. The van der Waals surface area contributed by atoms with E-state index in [1.54, 1.807) is 0 Å². The number of carbonyl (C=O) groups is 3. The average molecular weight is 1120 g/mol. The lowest BCUT2D eigenvalue weighted by Crippen LogP contribution is -2.30. The summed E-state index contributed by atoms with van der Waals surface area (Å²) in [6.45, 7) is 6.56. The van der Waals surface area contributed by atoms with E-state index in [0.717, 1.165) is 103 Å². The maximum absolute atomic E-state index is 13.0. The fourth-order valence-corrected chi connectivity index (χ4v) is 9.97. The summed E-state index contributed by atoms with van der Waals surface area (Å²) >= 11 is 0. The Balaban J connectivity index is 4.37. The quantitative estimate of drug-likeness (QED) is 0.0261. The third kappa shape index (κ3) is 65.4. The highest BCUT2D eigenvalue weighted by atomic mass is 16.6. The Kier molecular flexibility index (Phi) is 65.2. The van der Waals surface area contributed by atoms with Crippen LogP contribution in [0.1, 0.15) is 348 Å².